The van der Waals surface area contributed by atoms with Gasteiger partial charge in [0.1, 0.15) is 5.01 Å². The Morgan fingerprint density at radius 3 is 2.60 bits per heavy atom. The number of nitrogens with zero attached hydrogens (tertiary/aromatic N) is 4. The van der Waals surface area contributed by atoms with E-state index in [4.69, 9.17) is 16.3 Å². The molecule has 6 nitrogen and oxygen atoms in total. The van der Waals surface area contributed by atoms with Gasteiger partial charge in [-0.15, -0.1) is 11.3 Å². The lowest BCUT2D eigenvalue weighted by molar-refractivity contribution is 0.222. The summed E-state index contributed by atoms with van der Waals surface area (Å²) in [7, 11) is 0. The number of halogens is 1. The first-order chi connectivity index (χ1) is 9.44. The summed E-state index contributed by atoms with van der Waals surface area (Å²) in [5.74, 6) is 0.376. The van der Waals surface area contributed by atoms with Crippen LogP contribution in [-0.2, 0) is 0 Å². The van der Waals surface area contributed by atoms with E-state index in [1.165, 1.54) is 0 Å². The van der Waals surface area contributed by atoms with Crippen LogP contribution in [0.25, 0.3) is 0 Å². The van der Waals surface area contributed by atoms with Gasteiger partial charge in [0.25, 0.3) is 0 Å². The van der Waals surface area contributed by atoms with Gasteiger partial charge in [0.05, 0.1) is 12.1 Å². The molecule has 0 saturated heterocycles. The third-order valence-corrected chi connectivity index (χ3v) is 3.55. The lowest BCUT2D eigenvalue weighted by atomic mass is 10.4. The van der Waals surface area contributed by atoms with Crippen molar-refractivity contribution >= 4 is 28.9 Å². The van der Waals surface area contributed by atoms with Gasteiger partial charge in [-0.3, -0.25) is 0 Å². The number of nitrogens with one attached hydrogen (secondary N) is 1. The maximum absolute atomic E-state index is 5.87. The zero-order valence-electron chi connectivity index (χ0n) is 11.7. The van der Waals surface area contributed by atoms with Gasteiger partial charge in [-0.25, -0.2) is 4.98 Å². The molecule has 2 aromatic heterocycles. The average molecular weight is 314 g/mol. The second-order valence-corrected chi connectivity index (χ2v) is 6.16. The molecule has 8 heteroatoms. The highest BCUT2D eigenvalue weighted by Crippen LogP contribution is 2.23. The Morgan fingerprint density at radius 2 is 2.00 bits per heavy atom. The summed E-state index contributed by atoms with van der Waals surface area (Å²) in [5, 5.41) is 4.21. The minimum absolute atomic E-state index is 0.0148. The molecule has 2 heterocycles. The van der Waals surface area contributed by atoms with E-state index < -0.39 is 0 Å². The molecule has 0 aliphatic heterocycles. The fraction of sp³-hybridized carbons (Fsp3) is 0.500. The largest absolute Gasteiger partial charge is 0.461 e. The van der Waals surface area contributed by atoms with Crippen LogP contribution >= 0.6 is 22.9 Å². The van der Waals surface area contributed by atoms with Crippen molar-refractivity contribution in [2.24, 2.45) is 0 Å². The highest BCUT2D eigenvalue weighted by Gasteiger charge is 2.13. The summed E-state index contributed by atoms with van der Waals surface area (Å²) >= 11 is 7.50. The van der Waals surface area contributed by atoms with Crippen LogP contribution in [0.2, 0.25) is 5.28 Å². The van der Waals surface area contributed by atoms with Crippen LogP contribution in [0, 0.1) is 6.92 Å². The molecule has 1 N–H and O–H groups in total. The number of aryl methyl sites for hydroxylation is 1. The molecular weight excluding hydrogens is 298 g/mol. The Labute approximate surface area is 126 Å². The van der Waals surface area contributed by atoms with Crippen LogP contribution in [0.4, 0.5) is 5.95 Å². The molecule has 0 bridgehead atoms. The van der Waals surface area contributed by atoms with Crippen molar-refractivity contribution in [2.45, 2.75) is 39.8 Å². The SMILES string of the molecule is Cc1cnc(C(C)Nc2nc(Cl)nc(OC(C)C)n2)s1. The number of aromatic nitrogens is 4. The Hall–Kier alpha value is -1.47. The molecule has 20 heavy (non-hydrogen) atoms. The van der Waals surface area contributed by atoms with E-state index >= 15 is 0 Å². The van der Waals surface area contributed by atoms with Crippen molar-refractivity contribution < 1.29 is 4.74 Å². The zero-order valence-corrected chi connectivity index (χ0v) is 13.3. The van der Waals surface area contributed by atoms with E-state index in [-0.39, 0.29) is 23.4 Å². The van der Waals surface area contributed by atoms with Gasteiger partial charge >= 0.3 is 6.01 Å². The van der Waals surface area contributed by atoms with Crippen LogP contribution in [0.5, 0.6) is 6.01 Å². The van der Waals surface area contributed by atoms with Crippen LogP contribution in [-0.4, -0.2) is 26.0 Å². The fourth-order valence-electron chi connectivity index (χ4n) is 1.49. The van der Waals surface area contributed by atoms with Crippen molar-refractivity contribution in [2.75, 3.05) is 5.32 Å². The van der Waals surface area contributed by atoms with Gasteiger partial charge in [-0.05, 0) is 39.3 Å². The van der Waals surface area contributed by atoms with Gasteiger partial charge in [-0.1, -0.05) is 0 Å². The van der Waals surface area contributed by atoms with Crippen LogP contribution in [0.15, 0.2) is 6.20 Å². The van der Waals surface area contributed by atoms with E-state index in [2.05, 4.69) is 25.3 Å². The summed E-state index contributed by atoms with van der Waals surface area (Å²) in [4.78, 5) is 17.6. The van der Waals surface area contributed by atoms with Gasteiger partial charge in [0, 0.05) is 11.1 Å². The van der Waals surface area contributed by atoms with Crippen LogP contribution in [0.1, 0.15) is 36.7 Å². The Bertz CT molecular complexity index is 589. The minimum atomic E-state index is -0.0275. The molecule has 0 aliphatic rings. The number of hydrogen-bond donors (Lipinski definition) is 1. The predicted octanol–water partition coefficient (Wildman–Crippen LogP) is 3.25. The fourth-order valence-corrected chi connectivity index (χ4v) is 2.42. The molecule has 0 fully saturated rings. The monoisotopic (exact) mass is 313 g/mol. The third-order valence-electron chi connectivity index (χ3n) is 2.28. The number of anilines is 1. The summed E-state index contributed by atoms with van der Waals surface area (Å²) in [5.41, 5.74) is 0. The summed E-state index contributed by atoms with van der Waals surface area (Å²) in [6.45, 7) is 7.79. The first-order valence-corrected chi connectivity index (χ1v) is 7.40. The summed E-state index contributed by atoms with van der Waals surface area (Å²) < 4.78 is 5.43. The standard InChI is InChI=1S/C12H16ClN5OS/c1-6(2)19-12-17-10(13)16-11(18-12)15-8(4)9-14-5-7(3)20-9/h5-6,8H,1-4H3,(H,15,16,17,18). The molecule has 1 unspecified atom stereocenters. The lowest BCUT2D eigenvalue weighted by Crippen LogP contribution is -2.13. The van der Waals surface area contributed by atoms with E-state index in [0.717, 1.165) is 9.88 Å². The number of hydrogen-bond acceptors (Lipinski definition) is 7. The Balaban J connectivity index is 2.14. The number of ether oxygens (including phenoxy) is 1. The van der Waals surface area contributed by atoms with E-state index in [0.29, 0.717) is 5.95 Å². The van der Waals surface area contributed by atoms with Gasteiger partial charge < -0.3 is 10.1 Å². The maximum atomic E-state index is 5.87. The highest BCUT2D eigenvalue weighted by molar-refractivity contribution is 7.11. The van der Waals surface area contributed by atoms with E-state index in [1.54, 1.807) is 11.3 Å². The van der Waals surface area contributed by atoms with Gasteiger partial charge in [0.2, 0.25) is 11.2 Å². The predicted molar refractivity (Wildman–Crippen MR) is 79.5 cm³/mol. The lowest BCUT2D eigenvalue weighted by Gasteiger charge is -2.13. The molecule has 0 amide bonds. The summed E-state index contributed by atoms with van der Waals surface area (Å²) in [6, 6.07) is 0.198. The number of thiazole rings is 1. The van der Waals surface area contributed by atoms with Crippen molar-refractivity contribution in [1.82, 2.24) is 19.9 Å². The number of rotatable bonds is 5. The van der Waals surface area contributed by atoms with E-state index in [1.807, 2.05) is 33.9 Å². The molecule has 0 saturated carbocycles. The third kappa shape index (κ3) is 4.01. The smallest absolute Gasteiger partial charge is 0.322 e. The molecule has 2 aromatic rings. The van der Waals surface area contributed by atoms with Crippen LogP contribution < -0.4 is 10.1 Å². The summed E-state index contributed by atoms with van der Waals surface area (Å²) in [6.07, 6.45) is 1.81. The molecule has 108 valence electrons. The maximum Gasteiger partial charge on any atom is 0.322 e. The first-order valence-electron chi connectivity index (χ1n) is 6.21. The molecule has 2 rings (SSSR count). The normalized spacial score (nSPS) is 12.5. The highest BCUT2D eigenvalue weighted by atomic mass is 35.5. The molecule has 0 aromatic carbocycles. The second kappa shape index (κ2) is 6.32. The van der Waals surface area contributed by atoms with E-state index in [9.17, 15) is 0 Å². The zero-order chi connectivity index (χ0) is 14.7. The van der Waals surface area contributed by atoms with Gasteiger partial charge in [0.15, 0.2) is 0 Å². The molecule has 0 aliphatic carbocycles. The molecule has 0 spiro atoms. The van der Waals surface area contributed by atoms with Crippen molar-refractivity contribution in [3.63, 3.8) is 0 Å². The van der Waals surface area contributed by atoms with Gasteiger partial charge in [-0.2, -0.15) is 15.0 Å². The molecule has 0 radical (unpaired) electrons. The quantitative estimate of drug-likeness (QED) is 0.913. The van der Waals surface area contributed by atoms with Crippen molar-refractivity contribution in [1.29, 1.82) is 0 Å². The molecular formula is C12H16ClN5OS. The Kier molecular flexibility index (Phi) is 4.72. The van der Waals surface area contributed by atoms with Crippen molar-refractivity contribution in [3.05, 3.63) is 21.4 Å². The Morgan fingerprint density at radius 1 is 1.25 bits per heavy atom. The first kappa shape index (κ1) is 14.9. The molecule has 1 atom stereocenters. The second-order valence-electron chi connectivity index (χ2n) is 4.55. The minimum Gasteiger partial charge on any atom is -0.461 e. The average Bonchev–Trinajstić information content (AvgIpc) is 2.74. The topological polar surface area (TPSA) is 72.8 Å². The van der Waals surface area contributed by atoms with Crippen molar-refractivity contribution in [3.8, 4) is 6.01 Å². The van der Waals surface area contributed by atoms with Crippen LogP contribution in [0.3, 0.4) is 0 Å².